The number of alkyl halides is 1. The summed E-state index contributed by atoms with van der Waals surface area (Å²) in [6, 6.07) is 0.902. The standard InChI is InChI=1S/C16H32BClO3Si/c1-13(2)19-22(7,8)12-14(10-9-11-18)17-20-15(3,4)16(5,6)21-17/h10,13H,9,11-12H2,1-8H3/b14-10+. The highest BCUT2D eigenvalue weighted by Crippen LogP contribution is 2.40. The van der Waals surface area contributed by atoms with Crippen LogP contribution < -0.4 is 0 Å². The summed E-state index contributed by atoms with van der Waals surface area (Å²) in [5.74, 6) is 0.607. The monoisotopic (exact) mass is 346 g/mol. The molecule has 1 heterocycles. The third-order valence-electron chi connectivity index (χ3n) is 4.26. The van der Waals surface area contributed by atoms with Crippen LogP contribution in [0, 0.1) is 0 Å². The zero-order chi connectivity index (χ0) is 17.2. The summed E-state index contributed by atoms with van der Waals surface area (Å²) in [6.07, 6.45) is 3.25. The molecule has 0 spiro atoms. The minimum absolute atomic E-state index is 0.245. The molecule has 1 aliphatic rings. The van der Waals surface area contributed by atoms with Crippen molar-refractivity contribution in [1.29, 1.82) is 0 Å². The molecule has 1 aliphatic heterocycles. The maximum atomic E-state index is 6.21. The molecule has 3 nitrogen and oxygen atoms in total. The summed E-state index contributed by atoms with van der Waals surface area (Å²) in [5, 5.41) is 0. The Hall–Kier alpha value is 0.192. The molecule has 0 saturated carbocycles. The predicted molar refractivity (Wildman–Crippen MR) is 98.0 cm³/mol. The highest BCUT2D eigenvalue weighted by molar-refractivity contribution is 6.74. The number of allylic oxidation sites excluding steroid dienone is 2. The second kappa shape index (κ2) is 7.39. The largest absolute Gasteiger partial charge is 0.490 e. The molecular weight excluding hydrogens is 315 g/mol. The van der Waals surface area contributed by atoms with Crippen LogP contribution in [0.4, 0.5) is 0 Å². The molecule has 6 heteroatoms. The number of rotatable bonds is 7. The van der Waals surface area contributed by atoms with Crippen molar-refractivity contribution >= 4 is 27.0 Å². The SMILES string of the molecule is CC(C)O[Si](C)(C)C/C(=C\CCCl)B1OC(C)(C)C(C)(C)O1. The Morgan fingerprint density at radius 3 is 2.09 bits per heavy atom. The van der Waals surface area contributed by atoms with Gasteiger partial charge in [-0.2, -0.15) is 0 Å². The lowest BCUT2D eigenvalue weighted by Crippen LogP contribution is -2.41. The van der Waals surface area contributed by atoms with Gasteiger partial charge in [-0.3, -0.25) is 0 Å². The van der Waals surface area contributed by atoms with Gasteiger partial charge < -0.3 is 13.7 Å². The average molecular weight is 347 g/mol. The molecule has 128 valence electrons. The molecule has 0 bridgehead atoms. The van der Waals surface area contributed by atoms with E-state index in [2.05, 4.69) is 60.7 Å². The van der Waals surface area contributed by atoms with Gasteiger partial charge in [-0.1, -0.05) is 6.08 Å². The fraction of sp³-hybridized carbons (Fsp3) is 0.875. The van der Waals surface area contributed by atoms with Gasteiger partial charge in [-0.15, -0.1) is 11.6 Å². The van der Waals surface area contributed by atoms with Gasteiger partial charge in [0.05, 0.1) is 11.2 Å². The molecule has 1 fully saturated rings. The van der Waals surface area contributed by atoms with Gasteiger partial charge in [0.25, 0.3) is 0 Å². The molecule has 0 amide bonds. The molecule has 0 aliphatic carbocycles. The van der Waals surface area contributed by atoms with Gasteiger partial charge in [0.15, 0.2) is 8.32 Å². The van der Waals surface area contributed by atoms with Crippen LogP contribution in [-0.2, 0) is 13.7 Å². The Morgan fingerprint density at radius 1 is 1.18 bits per heavy atom. The van der Waals surface area contributed by atoms with Gasteiger partial charge in [0, 0.05) is 12.0 Å². The maximum absolute atomic E-state index is 6.21. The lowest BCUT2D eigenvalue weighted by molar-refractivity contribution is 0.00578. The highest BCUT2D eigenvalue weighted by Gasteiger charge is 2.52. The van der Waals surface area contributed by atoms with E-state index in [-0.39, 0.29) is 24.4 Å². The van der Waals surface area contributed by atoms with Crippen molar-refractivity contribution in [2.24, 2.45) is 0 Å². The van der Waals surface area contributed by atoms with Gasteiger partial charge >= 0.3 is 7.12 Å². The van der Waals surface area contributed by atoms with Gasteiger partial charge in [0.1, 0.15) is 0 Å². The van der Waals surface area contributed by atoms with Crippen molar-refractivity contribution in [3.63, 3.8) is 0 Å². The van der Waals surface area contributed by atoms with Crippen LogP contribution in [0.2, 0.25) is 19.1 Å². The lowest BCUT2D eigenvalue weighted by Gasteiger charge is -2.32. The first-order valence-corrected chi connectivity index (χ1v) is 11.8. The first-order chi connectivity index (χ1) is 9.90. The number of hydrogen-bond acceptors (Lipinski definition) is 3. The van der Waals surface area contributed by atoms with Crippen molar-refractivity contribution < 1.29 is 13.7 Å². The molecule has 0 atom stereocenters. The molecule has 0 aromatic carbocycles. The molecule has 1 saturated heterocycles. The van der Waals surface area contributed by atoms with E-state index >= 15 is 0 Å². The molecule has 0 radical (unpaired) electrons. The Morgan fingerprint density at radius 2 is 1.68 bits per heavy atom. The molecular formula is C16H32BClO3Si. The van der Waals surface area contributed by atoms with E-state index in [1.165, 1.54) is 5.47 Å². The number of hydrogen-bond donors (Lipinski definition) is 0. The third-order valence-corrected chi connectivity index (χ3v) is 6.84. The van der Waals surface area contributed by atoms with Crippen molar-refractivity contribution in [3.05, 3.63) is 11.5 Å². The second-order valence-corrected chi connectivity index (χ2v) is 12.4. The van der Waals surface area contributed by atoms with Crippen molar-refractivity contribution in [2.75, 3.05) is 5.88 Å². The van der Waals surface area contributed by atoms with Gasteiger partial charge in [-0.25, -0.2) is 0 Å². The minimum atomic E-state index is -1.81. The van der Waals surface area contributed by atoms with Crippen LogP contribution in [0.5, 0.6) is 0 Å². The van der Waals surface area contributed by atoms with Crippen LogP contribution >= 0.6 is 11.6 Å². The first-order valence-electron chi connectivity index (χ1n) is 8.18. The summed E-state index contributed by atoms with van der Waals surface area (Å²) in [4.78, 5) is 0. The normalized spacial score (nSPS) is 21.7. The molecule has 0 aromatic rings. The van der Waals surface area contributed by atoms with Crippen LogP contribution in [0.15, 0.2) is 11.5 Å². The maximum Gasteiger partial charge on any atom is 0.490 e. The fourth-order valence-corrected chi connectivity index (χ4v) is 5.42. The summed E-state index contributed by atoms with van der Waals surface area (Å²) >= 11 is 5.87. The molecule has 0 aromatic heterocycles. The Bertz CT molecular complexity index is 392. The zero-order valence-corrected chi connectivity index (χ0v) is 17.2. The molecule has 0 unspecified atom stereocenters. The van der Waals surface area contributed by atoms with Crippen molar-refractivity contribution in [3.8, 4) is 0 Å². The quantitative estimate of drug-likeness (QED) is 0.489. The smallest absolute Gasteiger partial charge is 0.415 e. The Labute approximate surface area is 143 Å². The first kappa shape index (κ1) is 20.2. The van der Waals surface area contributed by atoms with Crippen molar-refractivity contribution in [2.45, 2.75) is 84.4 Å². The van der Waals surface area contributed by atoms with Crippen LogP contribution in [0.3, 0.4) is 0 Å². The average Bonchev–Trinajstić information content (AvgIpc) is 2.52. The van der Waals surface area contributed by atoms with Crippen LogP contribution in [-0.4, -0.2) is 38.6 Å². The molecule has 0 N–H and O–H groups in total. The van der Waals surface area contributed by atoms with E-state index in [0.29, 0.717) is 5.88 Å². The molecule has 22 heavy (non-hydrogen) atoms. The van der Waals surface area contributed by atoms with E-state index in [1.807, 2.05) is 0 Å². The summed E-state index contributed by atoms with van der Waals surface area (Å²) in [5.41, 5.74) is 0.543. The van der Waals surface area contributed by atoms with E-state index in [1.54, 1.807) is 0 Å². The van der Waals surface area contributed by atoms with Gasteiger partial charge in [-0.05, 0) is 72.6 Å². The van der Waals surface area contributed by atoms with E-state index in [0.717, 1.165) is 12.5 Å². The van der Waals surface area contributed by atoms with Crippen molar-refractivity contribution in [1.82, 2.24) is 0 Å². The van der Waals surface area contributed by atoms with Crippen LogP contribution in [0.1, 0.15) is 48.0 Å². The lowest BCUT2D eigenvalue weighted by atomic mass is 9.78. The minimum Gasteiger partial charge on any atom is -0.415 e. The second-order valence-electron chi connectivity index (χ2n) is 7.95. The Kier molecular flexibility index (Phi) is 6.80. The van der Waals surface area contributed by atoms with E-state index in [4.69, 9.17) is 25.3 Å². The van der Waals surface area contributed by atoms with Gasteiger partial charge in [0.2, 0.25) is 0 Å². The summed E-state index contributed by atoms with van der Waals surface area (Å²) in [6.45, 7) is 17.0. The zero-order valence-electron chi connectivity index (χ0n) is 15.5. The summed E-state index contributed by atoms with van der Waals surface area (Å²) in [7, 11) is -2.11. The van der Waals surface area contributed by atoms with E-state index < -0.39 is 8.32 Å². The Balaban J connectivity index is 2.92. The molecule has 1 rings (SSSR count). The number of halogens is 1. The summed E-state index contributed by atoms with van der Waals surface area (Å²) < 4.78 is 18.6. The topological polar surface area (TPSA) is 27.7 Å². The fourth-order valence-electron chi connectivity index (χ4n) is 2.66. The predicted octanol–water partition coefficient (Wildman–Crippen LogP) is 4.80. The van der Waals surface area contributed by atoms with E-state index in [9.17, 15) is 0 Å². The third kappa shape index (κ3) is 5.38. The van der Waals surface area contributed by atoms with Crippen LogP contribution in [0.25, 0.3) is 0 Å². The highest BCUT2D eigenvalue weighted by atomic mass is 35.5.